The fraction of sp³-hybridized carbons (Fsp3) is 0.176. The lowest BCUT2D eigenvalue weighted by Gasteiger charge is -2.16. The zero-order chi connectivity index (χ0) is 17.5. The summed E-state index contributed by atoms with van der Waals surface area (Å²) in [4.78, 5) is 39.1. The van der Waals surface area contributed by atoms with Crippen LogP contribution in [0.4, 0.5) is 5.69 Å². The molecule has 7 heteroatoms. The minimum atomic E-state index is -0.929. The predicted molar refractivity (Wildman–Crippen MR) is 87.3 cm³/mol. The number of carbonyl (C=O) groups excluding carboxylic acids is 3. The highest BCUT2D eigenvalue weighted by Crippen LogP contribution is 2.12. The van der Waals surface area contributed by atoms with E-state index >= 15 is 0 Å². The number of nitrogens with two attached hydrogens (primary N) is 1. The van der Waals surface area contributed by atoms with Crippen LogP contribution in [0.5, 0.6) is 0 Å². The molecule has 2 amide bonds. The molecule has 3 N–H and O–H groups in total. The Labute approximate surface area is 138 Å². The number of esters is 1. The maximum atomic E-state index is 12.2. The molecule has 0 aliphatic carbocycles. The summed E-state index contributed by atoms with van der Waals surface area (Å²) in [5.74, 6) is -1.60. The summed E-state index contributed by atoms with van der Waals surface area (Å²) in [5.41, 5.74) is 6.29. The second-order valence-corrected chi connectivity index (χ2v) is 4.97. The lowest BCUT2D eigenvalue weighted by Crippen LogP contribution is -2.32. The molecular weight excluding hydrogens is 310 g/mol. The largest absolute Gasteiger partial charge is 0.449 e. The Hall–Kier alpha value is -3.22. The maximum absolute atomic E-state index is 12.2. The number of rotatable bonds is 6. The Morgan fingerprint density at radius 1 is 1.08 bits per heavy atom. The lowest BCUT2D eigenvalue weighted by atomic mass is 10.2. The third-order valence-corrected chi connectivity index (χ3v) is 3.27. The van der Waals surface area contributed by atoms with Gasteiger partial charge in [-0.15, -0.1) is 0 Å². The summed E-state index contributed by atoms with van der Waals surface area (Å²) in [7, 11) is 0. The van der Waals surface area contributed by atoms with Gasteiger partial charge in [0.1, 0.15) is 0 Å². The molecule has 24 heavy (non-hydrogen) atoms. The van der Waals surface area contributed by atoms with Gasteiger partial charge in [-0.05, 0) is 42.8 Å². The van der Waals surface area contributed by atoms with Crippen molar-refractivity contribution >= 4 is 23.5 Å². The van der Waals surface area contributed by atoms with Crippen molar-refractivity contribution in [3.8, 4) is 0 Å². The van der Waals surface area contributed by atoms with E-state index in [2.05, 4.69) is 10.3 Å². The van der Waals surface area contributed by atoms with Crippen LogP contribution >= 0.6 is 0 Å². The van der Waals surface area contributed by atoms with E-state index in [1.807, 2.05) is 0 Å². The molecular formula is C17H17N3O4. The second kappa shape index (κ2) is 7.87. The van der Waals surface area contributed by atoms with E-state index in [4.69, 9.17) is 10.5 Å². The second-order valence-electron chi connectivity index (χ2n) is 4.97. The monoisotopic (exact) mass is 327 g/mol. The van der Waals surface area contributed by atoms with Gasteiger partial charge >= 0.3 is 5.97 Å². The van der Waals surface area contributed by atoms with E-state index in [-0.39, 0.29) is 0 Å². The van der Waals surface area contributed by atoms with E-state index in [9.17, 15) is 14.4 Å². The van der Waals surface area contributed by atoms with Crippen molar-refractivity contribution in [2.45, 2.75) is 19.4 Å². The van der Waals surface area contributed by atoms with Gasteiger partial charge in [0.25, 0.3) is 5.91 Å². The zero-order valence-corrected chi connectivity index (χ0v) is 13.1. The normalized spacial score (nSPS) is 11.4. The van der Waals surface area contributed by atoms with Gasteiger partial charge in [-0.1, -0.05) is 6.92 Å². The molecule has 1 aromatic heterocycles. The number of nitrogens with zero attached hydrogens (tertiary/aromatic N) is 1. The number of amides is 2. The van der Waals surface area contributed by atoms with Gasteiger partial charge in [0.15, 0.2) is 6.10 Å². The first-order valence-electron chi connectivity index (χ1n) is 7.33. The van der Waals surface area contributed by atoms with Gasteiger partial charge in [0.2, 0.25) is 5.91 Å². The quantitative estimate of drug-likeness (QED) is 0.785. The topological polar surface area (TPSA) is 111 Å². The number of hydrogen-bond donors (Lipinski definition) is 2. The summed E-state index contributed by atoms with van der Waals surface area (Å²) in [6.45, 7) is 1.74. The third kappa shape index (κ3) is 4.39. The number of nitrogens with one attached hydrogen (secondary N) is 1. The van der Waals surface area contributed by atoms with Crippen LogP contribution in [-0.2, 0) is 9.53 Å². The van der Waals surface area contributed by atoms with Crippen molar-refractivity contribution in [2.24, 2.45) is 5.73 Å². The Balaban J connectivity index is 2.00. The molecule has 0 bridgehead atoms. The van der Waals surface area contributed by atoms with Gasteiger partial charge in [-0.2, -0.15) is 0 Å². The smallest absolute Gasteiger partial charge is 0.339 e. The van der Waals surface area contributed by atoms with Crippen LogP contribution in [0, 0.1) is 0 Å². The first-order valence-corrected chi connectivity index (χ1v) is 7.33. The van der Waals surface area contributed by atoms with Crippen molar-refractivity contribution in [2.75, 3.05) is 5.32 Å². The summed E-state index contributed by atoms with van der Waals surface area (Å²) >= 11 is 0. The predicted octanol–water partition coefficient (Wildman–Crippen LogP) is 1.75. The van der Waals surface area contributed by atoms with E-state index < -0.39 is 23.9 Å². The van der Waals surface area contributed by atoms with E-state index in [1.54, 1.807) is 19.1 Å². The molecule has 0 aliphatic rings. The van der Waals surface area contributed by atoms with Gasteiger partial charge in [-0.3, -0.25) is 14.6 Å². The number of carbonyl (C=O) groups is 3. The summed E-state index contributed by atoms with van der Waals surface area (Å²) < 4.78 is 5.23. The third-order valence-electron chi connectivity index (χ3n) is 3.27. The lowest BCUT2D eigenvalue weighted by molar-refractivity contribution is -0.124. The molecule has 7 nitrogen and oxygen atoms in total. The van der Waals surface area contributed by atoms with Crippen LogP contribution in [0.25, 0.3) is 0 Å². The van der Waals surface area contributed by atoms with Crippen LogP contribution in [0.2, 0.25) is 0 Å². The van der Waals surface area contributed by atoms with Crippen molar-refractivity contribution in [3.05, 3.63) is 59.9 Å². The summed E-state index contributed by atoms with van der Waals surface area (Å²) in [6, 6.07) is 9.12. The fourth-order valence-corrected chi connectivity index (χ4v) is 1.95. The van der Waals surface area contributed by atoms with Gasteiger partial charge in [-0.25, -0.2) is 4.79 Å². The van der Waals surface area contributed by atoms with E-state index in [0.717, 1.165) is 0 Å². The van der Waals surface area contributed by atoms with Gasteiger partial charge in [0, 0.05) is 23.6 Å². The summed E-state index contributed by atoms with van der Waals surface area (Å²) in [6.07, 6.45) is 2.33. The number of aromatic nitrogens is 1. The van der Waals surface area contributed by atoms with Crippen LogP contribution in [0.1, 0.15) is 34.1 Å². The molecule has 0 saturated heterocycles. The molecule has 1 heterocycles. The molecule has 2 rings (SSSR count). The molecule has 2 aromatic rings. The van der Waals surface area contributed by atoms with Crippen LogP contribution in [-0.4, -0.2) is 28.9 Å². The minimum absolute atomic E-state index is 0.321. The molecule has 1 atom stereocenters. The van der Waals surface area contributed by atoms with Crippen molar-refractivity contribution in [3.63, 3.8) is 0 Å². The average Bonchev–Trinajstić information content (AvgIpc) is 2.60. The number of primary amides is 1. The molecule has 0 aliphatic heterocycles. The maximum Gasteiger partial charge on any atom is 0.339 e. The highest BCUT2D eigenvalue weighted by Gasteiger charge is 2.22. The van der Waals surface area contributed by atoms with Crippen LogP contribution in [0.15, 0.2) is 48.8 Å². The molecule has 1 aromatic carbocycles. The number of anilines is 1. The number of ether oxygens (including phenoxy) is 1. The first-order chi connectivity index (χ1) is 11.5. The standard InChI is InChI=1S/C17H17N3O4/c1-2-14(24-17(23)12-7-9-19-10-8-12)16(22)20-13-5-3-11(4-6-13)15(18)21/h3-10,14H,2H2,1H3,(H2,18,21)(H,20,22). The molecule has 1 unspecified atom stereocenters. The summed E-state index contributed by atoms with van der Waals surface area (Å²) in [5, 5.41) is 2.64. The molecule has 0 radical (unpaired) electrons. The number of pyridine rings is 1. The van der Waals surface area contributed by atoms with Crippen LogP contribution in [0.3, 0.4) is 0 Å². The molecule has 0 fully saturated rings. The van der Waals surface area contributed by atoms with Gasteiger partial charge in [0.05, 0.1) is 5.56 Å². The van der Waals surface area contributed by atoms with E-state index in [0.29, 0.717) is 23.2 Å². The molecule has 0 saturated carbocycles. The first kappa shape index (κ1) is 17.1. The fourth-order valence-electron chi connectivity index (χ4n) is 1.95. The van der Waals surface area contributed by atoms with Crippen molar-refractivity contribution < 1.29 is 19.1 Å². The SMILES string of the molecule is CCC(OC(=O)c1ccncc1)C(=O)Nc1ccc(C(N)=O)cc1. The zero-order valence-electron chi connectivity index (χ0n) is 13.1. The number of benzene rings is 1. The molecule has 0 spiro atoms. The van der Waals surface area contributed by atoms with E-state index in [1.165, 1.54) is 36.7 Å². The van der Waals surface area contributed by atoms with Crippen molar-refractivity contribution in [1.29, 1.82) is 0 Å². The van der Waals surface area contributed by atoms with Gasteiger partial charge < -0.3 is 15.8 Å². The highest BCUT2D eigenvalue weighted by molar-refractivity contribution is 5.98. The average molecular weight is 327 g/mol. The minimum Gasteiger partial charge on any atom is -0.449 e. The van der Waals surface area contributed by atoms with Crippen LogP contribution < -0.4 is 11.1 Å². The Kier molecular flexibility index (Phi) is 5.62. The number of hydrogen-bond acceptors (Lipinski definition) is 5. The Morgan fingerprint density at radius 3 is 2.25 bits per heavy atom. The Morgan fingerprint density at radius 2 is 1.71 bits per heavy atom. The molecule has 124 valence electrons. The Bertz CT molecular complexity index is 729. The highest BCUT2D eigenvalue weighted by atomic mass is 16.5. The van der Waals surface area contributed by atoms with Crippen molar-refractivity contribution in [1.82, 2.24) is 4.98 Å².